The van der Waals surface area contributed by atoms with Crippen LogP contribution in [0.5, 0.6) is 5.75 Å². The molecule has 1 aliphatic carbocycles. The number of hydrogen-bond acceptors (Lipinski definition) is 5. The number of phenolic OH excluding ortho intramolecular Hbond substituents is 1. The largest absolute Gasteiger partial charge is 0.508 e. The third-order valence-corrected chi connectivity index (χ3v) is 7.46. The molecule has 1 heterocycles. The summed E-state index contributed by atoms with van der Waals surface area (Å²) in [6, 6.07) is 11.5. The number of alkyl halides is 3. The van der Waals surface area contributed by atoms with Crippen LogP contribution in [0, 0.1) is 5.92 Å². The smallest absolute Gasteiger partial charge is 0.416 e. The van der Waals surface area contributed by atoms with Gasteiger partial charge in [-0.15, -0.1) is 0 Å². The number of aromatic hydroxyl groups is 1. The second-order valence-corrected chi connectivity index (χ2v) is 10.1. The van der Waals surface area contributed by atoms with Crippen LogP contribution in [0.3, 0.4) is 0 Å². The molecule has 2 aromatic carbocycles. The van der Waals surface area contributed by atoms with Crippen LogP contribution in [-0.4, -0.2) is 54.2 Å². The Kier molecular flexibility index (Phi) is 7.64. The molecule has 2 aliphatic rings. The number of likely N-dealkylation sites (tertiary alicyclic amines) is 1. The molecule has 2 fully saturated rings. The summed E-state index contributed by atoms with van der Waals surface area (Å²) in [4.78, 5) is 27.0. The SMILES string of the molecule is CC(=O)OC1CC(NC(=O)/C=C/c2cccc(C(F)(F)F)c2)CC2(c3cccc(O)c3)CCN(C)CC12. The molecule has 0 spiro atoms. The van der Waals surface area contributed by atoms with E-state index in [1.54, 1.807) is 18.2 Å². The number of nitrogens with zero attached hydrogens (tertiary/aromatic N) is 1. The molecule has 1 aliphatic heterocycles. The summed E-state index contributed by atoms with van der Waals surface area (Å²) in [5.41, 5.74) is -0.0288. The molecule has 6 nitrogen and oxygen atoms in total. The number of ether oxygens (including phenoxy) is 1. The molecule has 4 unspecified atom stereocenters. The highest BCUT2D eigenvalue weighted by Crippen LogP contribution is 2.50. The van der Waals surface area contributed by atoms with E-state index >= 15 is 0 Å². The zero-order valence-corrected chi connectivity index (χ0v) is 20.8. The first kappa shape index (κ1) is 26.7. The Balaban J connectivity index is 1.59. The van der Waals surface area contributed by atoms with E-state index in [-0.39, 0.29) is 23.3 Å². The fourth-order valence-corrected chi connectivity index (χ4v) is 5.86. The minimum Gasteiger partial charge on any atom is -0.508 e. The van der Waals surface area contributed by atoms with Crippen LogP contribution in [0.1, 0.15) is 42.9 Å². The Hall–Kier alpha value is -3.33. The van der Waals surface area contributed by atoms with Gasteiger partial charge in [-0.3, -0.25) is 9.59 Å². The zero-order chi connectivity index (χ0) is 26.8. The van der Waals surface area contributed by atoms with Crippen molar-refractivity contribution in [3.05, 3.63) is 71.3 Å². The second kappa shape index (κ2) is 10.6. The van der Waals surface area contributed by atoms with Gasteiger partial charge in [0.15, 0.2) is 0 Å². The summed E-state index contributed by atoms with van der Waals surface area (Å²) in [7, 11) is 2.02. The predicted molar refractivity (Wildman–Crippen MR) is 133 cm³/mol. The maximum atomic E-state index is 13.0. The Morgan fingerprint density at radius 3 is 2.65 bits per heavy atom. The van der Waals surface area contributed by atoms with Crippen LogP contribution in [0.15, 0.2) is 54.6 Å². The first-order valence-corrected chi connectivity index (χ1v) is 12.3. The van der Waals surface area contributed by atoms with E-state index in [0.29, 0.717) is 19.4 Å². The van der Waals surface area contributed by atoms with E-state index in [4.69, 9.17) is 4.74 Å². The van der Waals surface area contributed by atoms with Crippen molar-refractivity contribution in [3.8, 4) is 5.75 Å². The molecular formula is C28H31F3N2O4. The van der Waals surface area contributed by atoms with Gasteiger partial charge in [-0.05, 0) is 67.9 Å². The molecule has 1 saturated carbocycles. The molecule has 9 heteroatoms. The lowest BCUT2D eigenvalue weighted by atomic mass is 9.57. The van der Waals surface area contributed by atoms with Crippen molar-refractivity contribution in [1.29, 1.82) is 0 Å². The first-order valence-electron chi connectivity index (χ1n) is 12.3. The molecule has 198 valence electrons. The minimum atomic E-state index is -4.47. The monoisotopic (exact) mass is 516 g/mol. The molecular weight excluding hydrogens is 485 g/mol. The molecule has 0 radical (unpaired) electrons. The van der Waals surface area contributed by atoms with Gasteiger partial charge in [0, 0.05) is 43.3 Å². The van der Waals surface area contributed by atoms with Crippen LogP contribution in [0.4, 0.5) is 13.2 Å². The van der Waals surface area contributed by atoms with Gasteiger partial charge in [-0.25, -0.2) is 0 Å². The first-order chi connectivity index (χ1) is 17.5. The second-order valence-electron chi connectivity index (χ2n) is 10.1. The van der Waals surface area contributed by atoms with Crippen molar-refractivity contribution in [2.75, 3.05) is 20.1 Å². The van der Waals surface area contributed by atoms with Gasteiger partial charge < -0.3 is 20.1 Å². The number of esters is 1. The number of carbonyl (C=O) groups is 2. The molecule has 2 N–H and O–H groups in total. The van der Waals surface area contributed by atoms with Crippen molar-refractivity contribution >= 4 is 18.0 Å². The Bertz CT molecular complexity index is 1180. The van der Waals surface area contributed by atoms with Crippen molar-refractivity contribution < 1.29 is 32.6 Å². The summed E-state index contributed by atoms with van der Waals surface area (Å²) in [6.45, 7) is 2.86. The lowest BCUT2D eigenvalue weighted by Gasteiger charge is -2.55. The van der Waals surface area contributed by atoms with Crippen molar-refractivity contribution in [2.24, 2.45) is 5.92 Å². The summed E-state index contributed by atoms with van der Waals surface area (Å²) < 4.78 is 44.8. The Morgan fingerprint density at radius 1 is 1.19 bits per heavy atom. The van der Waals surface area contributed by atoms with Gasteiger partial charge >= 0.3 is 12.1 Å². The zero-order valence-electron chi connectivity index (χ0n) is 20.8. The highest BCUT2D eigenvalue weighted by Gasteiger charge is 2.53. The molecule has 1 saturated heterocycles. The third-order valence-electron chi connectivity index (χ3n) is 7.46. The number of carbonyl (C=O) groups excluding carboxylic acids is 2. The topological polar surface area (TPSA) is 78.9 Å². The molecule has 37 heavy (non-hydrogen) atoms. The van der Waals surface area contributed by atoms with E-state index < -0.39 is 35.1 Å². The third kappa shape index (κ3) is 6.15. The summed E-state index contributed by atoms with van der Waals surface area (Å²) in [5.74, 6) is -0.740. The number of hydrogen-bond donors (Lipinski definition) is 2. The summed E-state index contributed by atoms with van der Waals surface area (Å²) >= 11 is 0. The number of amides is 1. The maximum absolute atomic E-state index is 13.0. The average Bonchev–Trinajstić information content (AvgIpc) is 2.82. The maximum Gasteiger partial charge on any atom is 0.416 e. The van der Waals surface area contributed by atoms with E-state index in [1.807, 2.05) is 13.1 Å². The van der Waals surface area contributed by atoms with Gasteiger partial charge in [0.25, 0.3) is 0 Å². The van der Waals surface area contributed by atoms with Gasteiger partial charge in [0.2, 0.25) is 5.91 Å². The van der Waals surface area contributed by atoms with Gasteiger partial charge in [-0.1, -0.05) is 24.3 Å². The standard InChI is InChI=1S/C28H31F3N2O4/c1-18(34)37-25-15-22(32-26(36)10-9-19-5-3-7-21(13-19)28(29,30)31)16-27(11-12-33(2)17-24(25)27)20-6-4-8-23(35)14-20/h3-10,13-14,22,24-25,35H,11-12,15-17H2,1-2H3,(H,32,36)/b10-9+. The Morgan fingerprint density at radius 2 is 1.95 bits per heavy atom. The van der Waals surface area contributed by atoms with Crippen molar-refractivity contribution in [1.82, 2.24) is 10.2 Å². The van der Waals surface area contributed by atoms with Gasteiger partial charge in [0.1, 0.15) is 11.9 Å². The van der Waals surface area contributed by atoms with Crippen LogP contribution in [-0.2, 0) is 25.9 Å². The fraction of sp³-hybridized carbons (Fsp3) is 0.429. The van der Waals surface area contributed by atoms with E-state index in [2.05, 4.69) is 10.2 Å². The number of nitrogens with one attached hydrogen (secondary N) is 1. The van der Waals surface area contributed by atoms with Crippen LogP contribution in [0.25, 0.3) is 6.08 Å². The minimum absolute atomic E-state index is 0.0363. The molecule has 0 bridgehead atoms. The van der Waals surface area contributed by atoms with Crippen LogP contribution < -0.4 is 5.32 Å². The lowest BCUT2D eigenvalue weighted by Crippen LogP contribution is -2.61. The van der Waals surface area contributed by atoms with E-state index in [0.717, 1.165) is 30.7 Å². The number of halogens is 3. The van der Waals surface area contributed by atoms with Gasteiger partial charge in [0.05, 0.1) is 5.56 Å². The quantitative estimate of drug-likeness (QED) is 0.451. The van der Waals surface area contributed by atoms with E-state index in [9.17, 15) is 27.9 Å². The number of piperidine rings is 1. The fourth-order valence-electron chi connectivity index (χ4n) is 5.86. The van der Waals surface area contributed by atoms with E-state index in [1.165, 1.54) is 31.2 Å². The molecule has 1 amide bonds. The van der Waals surface area contributed by atoms with Crippen molar-refractivity contribution in [3.63, 3.8) is 0 Å². The number of phenols is 1. The molecule has 2 aromatic rings. The highest BCUT2D eigenvalue weighted by atomic mass is 19.4. The van der Waals surface area contributed by atoms with Crippen LogP contribution >= 0.6 is 0 Å². The van der Waals surface area contributed by atoms with Gasteiger partial charge in [-0.2, -0.15) is 13.2 Å². The average molecular weight is 517 g/mol. The summed E-state index contributed by atoms with van der Waals surface area (Å²) in [5, 5.41) is 13.2. The van der Waals surface area contributed by atoms with Crippen LogP contribution in [0.2, 0.25) is 0 Å². The molecule has 4 rings (SSSR count). The normalized spacial score (nSPS) is 26.5. The molecule has 4 atom stereocenters. The summed E-state index contributed by atoms with van der Waals surface area (Å²) in [6.07, 6.45) is -0.600. The number of rotatable bonds is 5. The lowest BCUT2D eigenvalue weighted by molar-refractivity contribution is -0.157. The number of benzene rings is 2. The predicted octanol–water partition coefficient (Wildman–Crippen LogP) is 4.52. The number of fused-ring (bicyclic) bond motifs is 1. The molecule has 0 aromatic heterocycles. The van der Waals surface area contributed by atoms with Crippen molar-refractivity contribution in [2.45, 2.75) is 49.9 Å². The Labute approximate surface area is 214 Å². The highest BCUT2D eigenvalue weighted by molar-refractivity contribution is 5.92.